The van der Waals surface area contributed by atoms with Gasteiger partial charge in [-0.15, -0.1) is 0 Å². The maximum absolute atomic E-state index is 13.2. The molecule has 0 bridgehead atoms. The molecule has 0 unspecified atom stereocenters. The molecule has 2 rings (SSSR count). The van der Waals surface area contributed by atoms with E-state index in [1.54, 1.807) is 0 Å². The molecule has 7 heteroatoms. The molecule has 1 aromatic rings. The van der Waals surface area contributed by atoms with E-state index < -0.39 is 17.3 Å². The van der Waals surface area contributed by atoms with Crippen LogP contribution in [-0.2, 0) is 16.5 Å². The Morgan fingerprint density at radius 3 is 2.45 bits per heavy atom. The third-order valence-electron chi connectivity index (χ3n) is 3.54. The van der Waals surface area contributed by atoms with E-state index in [0.717, 1.165) is 12.5 Å². The SMILES string of the molecule is COc1cc(C(F)(F)F)c(C2(N=C=O)CCC2)cc1Br. The molecule has 20 heavy (non-hydrogen) atoms. The Labute approximate surface area is 122 Å². The molecule has 1 fully saturated rings. The molecule has 0 spiro atoms. The van der Waals surface area contributed by atoms with Gasteiger partial charge >= 0.3 is 6.18 Å². The number of nitrogens with zero attached hydrogens (tertiary/aromatic N) is 1. The standard InChI is InChI=1S/C13H11BrF3NO2/c1-20-11-6-9(13(15,16)17)8(5-10(11)14)12(18-7-19)3-2-4-12/h5-6H,2-4H2,1H3. The van der Waals surface area contributed by atoms with E-state index in [-0.39, 0.29) is 11.3 Å². The number of isocyanates is 1. The van der Waals surface area contributed by atoms with E-state index in [2.05, 4.69) is 20.9 Å². The van der Waals surface area contributed by atoms with E-state index in [1.165, 1.54) is 19.3 Å². The summed E-state index contributed by atoms with van der Waals surface area (Å²) >= 11 is 3.17. The number of benzene rings is 1. The summed E-state index contributed by atoms with van der Waals surface area (Å²) in [5, 5.41) is 0. The number of ether oxygens (including phenoxy) is 1. The number of alkyl halides is 3. The van der Waals surface area contributed by atoms with Crippen molar-refractivity contribution in [1.82, 2.24) is 0 Å². The van der Waals surface area contributed by atoms with Gasteiger partial charge in [-0.25, -0.2) is 4.79 Å². The molecule has 1 aliphatic carbocycles. The lowest BCUT2D eigenvalue weighted by atomic mass is 9.71. The quantitative estimate of drug-likeness (QED) is 0.606. The summed E-state index contributed by atoms with van der Waals surface area (Å²) in [5.41, 5.74) is -1.94. The first kappa shape index (κ1) is 15.1. The average Bonchev–Trinajstić information content (AvgIpc) is 2.32. The number of aliphatic imine (C=N–C) groups is 1. The van der Waals surface area contributed by atoms with Gasteiger partial charge in [0.2, 0.25) is 6.08 Å². The Morgan fingerprint density at radius 1 is 1.40 bits per heavy atom. The molecule has 0 heterocycles. The molecule has 0 aliphatic heterocycles. The fourth-order valence-corrected chi connectivity index (χ4v) is 2.88. The van der Waals surface area contributed by atoms with Crippen molar-refractivity contribution in [2.45, 2.75) is 31.0 Å². The molecular formula is C13H11BrF3NO2. The summed E-state index contributed by atoms with van der Waals surface area (Å²) in [6, 6.07) is 2.27. The molecule has 1 saturated carbocycles. The highest BCUT2D eigenvalue weighted by Crippen LogP contribution is 2.50. The highest BCUT2D eigenvalue weighted by molar-refractivity contribution is 9.10. The van der Waals surface area contributed by atoms with Gasteiger partial charge in [-0.05, 0) is 52.9 Å². The van der Waals surface area contributed by atoms with Crippen molar-refractivity contribution in [3.05, 3.63) is 27.7 Å². The number of carbonyl (C=O) groups excluding carboxylic acids is 1. The fraction of sp³-hybridized carbons (Fsp3) is 0.462. The molecule has 1 aromatic carbocycles. The predicted octanol–water partition coefficient (Wildman–Crippen LogP) is 4.19. The molecule has 0 saturated heterocycles. The van der Waals surface area contributed by atoms with Crippen LogP contribution in [0.25, 0.3) is 0 Å². The number of rotatable bonds is 3. The number of halogens is 4. The molecule has 0 atom stereocenters. The summed E-state index contributed by atoms with van der Waals surface area (Å²) in [5.74, 6) is 0.0885. The zero-order chi connectivity index (χ0) is 15.0. The summed E-state index contributed by atoms with van der Waals surface area (Å²) in [7, 11) is 1.29. The Kier molecular flexibility index (Phi) is 3.93. The zero-order valence-corrected chi connectivity index (χ0v) is 12.1. The smallest absolute Gasteiger partial charge is 0.416 e. The van der Waals surface area contributed by atoms with Crippen molar-refractivity contribution in [2.75, 3.05) is 7.11 Å². The van der Waals surface area contributed by atoms with Crippen molar-refractivity contribution in [1.29, 1.82) is 0 Å². The largest absolute Gasteiger partial charge is 0.496 e. The van der Waals surface area contributed by atoms with Gasteiger partial charge in [0.05, 0.1) is 22.7 Å². The first-order valence-corrected chi connectivity index (χ1v) is 6.67. The lowest BCUT2D eigenvalue weighted by Gasteiger charge is -2.38. The maximum atomic E-state index is 13.2. The van der Waals surface area contributed by atoms with E-state index in [4.69, 9.17) is 4.74 Å². The second-order valence-electron chi connectivity index (χ2n) is 4.62. The van der Waals surface area contributed by atoms with Crippen LogP contribution < -0.4 is 4.74 Å². The van der Waals surface area contributed by atoms with E-state index in [1.807, 2.05) is 0 Å². The molecule has 0 amide bonds. The van der Waals surface area contributed by atoms with Crippen molar-refractivity contribution >= 4 is 22.0 Å². The summed E-state index contributed by atoms with van der Waals surface area (Å²) in [4.78, 5) is 14.2. The van der Waals surface area contributed by atoms with Gasteiger partial charge in [-0.3, -0.25) is 0 Å². The minimum absolute atomic E-state index is 0.00715. The topological polar surface area (TPSA) is 38.7 Å². The molecule has 0 radical (unpaired) electrons. The highest BCUT2D eigenvalue weighted by Gasteiger charge is 2.46. The van der Waals surface area contributed by atoms with Gasteiger partial charge in [0, 0.05) is 0 Å². The van der Waals surface area contributed by atoms with Crippen molar-refractivity contribution < 1.29 is 22.7 Å². The predicted molar refractivity (Wildman–Crippen MR) is 69.3 cm³/mol. The number of methoxy groups -OCH3 is 1. The van der Waals surface area contributed by atoms with Gasteiger partial charge in [0.25, 0.3) is 0 Å². The third kappa shape index (κ3) is 2.47. The van der Waals surface area contributed by atoms with Gasteiger partial charge in [0.1, 0.15) is 5.75 Å². The highest BCUT2D eigenvalue weighted by atomic mass is 79.9. The molecule has 3 nitrogen and oxygen atoms in total. The first-order valence-electron chi connectivity index (χ1n) is 5.88. The Hall–Kier alpha value is -1.33. The first-order chi connectivity index (χ1) is 9.34. The molecule has 108 valence electrons. The van der Waals surface area contributed by atoms with Gasteiger partial charge in [0.15, 0.2) is 0 Å². The summed E-state index contributed by atoms with van der Waals surface area (Å²) in [6.45, 7) is 0. The van der Waals surface area contributed by atoms with Crippen LogP contribution in [0, 0.1) is 0 Å². The van der Waals surface area contributed by atoms with Crippen LogP contribution in [0.15, 0.2) is 21.6 Å². The average molecular weight is 350 g/mol. The van der Waals surface area contributed by atoms with Crippen LogP contribution in [0.4, 0.5) is 13.2 Å². The molecular weight excluding hydrogens is 339 g/mol. The van der Waals surface area contributed by atoms with Crippen LogP contribution in [0.3, 0.4) is 0 Å². The van der Waals surface area contributed by atoms with Gasteiger partial charge < -0.3 is 4.74 Å². The monoisotopic (exact) mass is 349 g/mol. The van der Waals surface area contributed by atoms with Crippen LogP contribution >= 0.6 is 15.9 Å². The fourth-order valence-electron chi connectivity index (χ4n) is 2.37. The lowest BCUT2D eigenvalue weighted by Crippen LogP contribution is -2.34. The molecule has 0 N–H and O–H groups in total. The van der Waals surface area contributed by atoms with Crippen molar-refractivity contribution in [2.24, 2.45) is 4.99 Å². The minimum Gasteiger partial charge on any atom is -0.496 e. The number of hydrogen-bond donors (Lipinski definition) is 0. The maximum Gasteiger partial charge on any atom is 0.416 e. The lowest BCUT2D eigenvalue weighted by molar-refractivity contribution is -0.139. The van der Waals surface area contributed by atoms with Crippen LogP contribution in [0.1, 0.15) is 30.4 Å². The minimum atomic E-state index is -4.54. The Bertz CT molecular complexity index is 576. The van der Waals surface area contributed by atoms with Gasteiger partial charge in [-0.2, -0.15) is 18.2 Å². The molecule has 0 aromatic heterocycles. The van der Waals surface area contributed by atoms with Crippen molar-refractivity contribution in [3.63, 3.8) is 0 Å². The van der Waals surface area contributed by atoms with Crippen LogP contribution in [0.2, 0.25) is 0 Å². The summed E-state index contributed by atoms with van der Waals surface area (Å²) in [6.07, 6.45) is -1.60. The van der Waals surface area contributed by atoms with Gasteiger partial charge in [-0.1, -0.05) is 0 Å². The zero-order valence-electron chi connectivity index (χ0n) is 10.6. The second-order valence-corrected chi connectivity index (χ2v) is 5.47. The number of hydrogen-bond acceptors (Lipinski definition) is 3. The van der Waals surface area contributed by atoms with Crippen LogP contribution in [-0.4, -0.2) is 13.2 Å². The normalized spacial score (nSPS) is 17.1. The third-order valence-corrected chi connectivity index (χ3v) is 4.16. The second kappa shape index (κ2) is 5.22. The summed E-state index contributed by atoms with van der Waals surface area (Å²) < 4.78 is 45.0. The Balaban J connectivity index is 2.68. The Morgan fingerprint density at radius 2 is 2.05 bits per heavy atom. The van der Waals surface area contributed by atoms with E-state index in [0.29, 0.717) is 17.3 Å². The van der Waals surface area contributed by atoms with E-state index >= 15 is 0 Å². The van der Waals surface area contributed by atoms with Crippen molar-refractivity contribution in [3.8, 4) is 5.75 Å². The van der Waals surface area contributed by atoms with E-state index in [9.17, 15) is 18.0 Å². The molecule has 1 aliphatic rings. The van der Waals surface area contributed by atoms with Crippen LogP contribution in [0.5, 0.6) is 5.75 Å².